The van der Waals surface area contributed by atoms with Crippen LogP contribution in [0.4, 0.5) is 23.1 Å². The number of fused-ring (bicyclic) bond motifs is 1. The van der Waals surface area contributed by atoms with Crippen LogP contribution < -0.4 is 20.7 Å². The Labute approximate surface area is 228 Å². The number of para-hydroxylation sites is 1. The first-order chi connectivity index (χ1) is 18.3. The summed E-state index contributed by atoms with van der Waals surface area (Å²) in [5.41, 5.74) is 6.05. The summed E-state index contributed by atoms with van der Waals surface area (Å²) in [6, 6.07) is 8.88. The molecular formula is C28H32ClN5O3S. The maximum atomic E-state index is 12.9. The van der Waals surface area contributed by atoms with E-state index in [1.54, 1.807) is 38.1 Å². The number of anilines is 4. The smallest absolute Gasteiger partial charge is 0.229 e. The predicted molar refractivity (Wildman–Crippen MR) is 153 cm³/mol. The van der Waals surface area contributed by atoms with Crippen LogP contribution in [0.2, 0.25) is 5.02 Å². The van der Waals surface area contributed by atoms with Gasteiger partial charge in [0.05, 0.1) is 28.6 Å². The number of nitrogens with zero attached hydrogens (tertiary/aromatic N) is 2. The van der Waals surface area contributed by atoms with Gasteiger partial charge in [0.25, 0.3) is 0 Å². The predicted octanol–water partition coefficient (Wildman–Crippen LogP) is 5.81. The third-order valence-corrected chi connectivity index (χ3v) is 9.33. The quantitative estimate of drug-likeness (QED) is 0.337. The molecule has 2 aliphatic heterocycles. The molecule has 2 aromatic carbocycles. The Morgan fingerprint density at radius 1 is 1.13 bits per heavy atom. The minimum atomic E-state index is -3.51. The summed E-state index contributed by atoms with van der Waals surface area (Å²) in [4.78, 5) is 9.19. The van der Waals surface area contributed by atoms with Gasteiger partial charge in [-0.05, 0) is 75.9 Å². The Balaban J connectivity index is 1.49. The van der Waals surface area contributed by atoms with Gasteiger partial charge in [0.2, 0.25) is 5.95 Å². The van der Waals surface area contributed by atoms with Gasteiger partial charge in [0.15, 0.2) is 15.7 Å². The molecule has 0 aliphatic carbocycles. The van der Waals surface area contributed by atoms with Crippen LogP contribution in [0, 0.1) is 6.92 Å². The van der Waals surface area contributed by atoms with Crippen molar-refractivity contribution in [1.82, 2.24) is 15.3 Å². The summed E-state index contributed by atoms with van der Waals surface area (Å²) >= 11 is 6.43. The number of rotatable bonds is 7. The zero-order valence-corrected chi connectivity index (χ0v) is 23.3. The standard InChI is InChI=1S/C28H32ClN5O3S/c1-17(2)38(35,36)24-9-5-4-8-22(24)32-27-21(29)16-31-28(34-27)33-23-15-18(3)25(19-10-12-30-13-11-19)26-20(23)7-6-14-37-26/h4-5,8-10,15-17,30H,6-7,11-14H2,1-3H3,(H2,31,32,33,34). The summed E-state index contributed by atoms with van der Waals surface area (Å²) < 4.78 is 32.0. The SMILES string of the molecule is Cc1cc(Nc2ncc(Cl)c(Nc3ccccc3S(=O)(=O)C(C)C)n2)c2c(c1C1=CCNCC1)OCCC2. The lowest BCUT2D eigenvalue weighted by Gasteiger charge is -2.27. The van der Waals surface area contributed by atoms with Crippen LogP contribution in [0.25, 0.3) is 5.57 Å². The molecule has 0 saturated carbocycles. The molecule has 3 N–H and O–H groups in total. The van der Waals surface area contributed by atoms with E-state index >= 15 is 0 Å². The van der Waals surface area contributed by atoms with Crippen molar-refractivity contribution in [3.05, 3.63) is 64.3 Å². The highest BCUT2D eigenvalue weighted by Crippen LogP contribution is 2.42. The van der Waals surface area contributed by atoms with Gasteiger partial charge in [0.1, 0.15) is 10.8 Å². The van der Waals surface area contributed by atoms with Gasteiger partial charge in [-0.2, -0.15) is 4.98 Å². The highest BCUT2D eigenvalue weighted by molar-refractivity contribution is 7.92. The largest absolute Gasteiger partial charge is 0.493 e. The van der Waals surface area contributed by atoms with Crippen molar-refractivity contribution in [2.45, 2.75) is 50.2 Å². The van der Waals surface area contributed by atoms with E-state index in [0.29, 0.717) is 24.1 Å². The molecule has 0 spiro atoms. The third-order valence-electron chi connectivity index (χ3n) is 6.84. The van der Waals surface area contributed by atoms with Gasteiger partial charge >= 0.3 is 0 Å². The first kappa shape index (κ1) is 26.5. The van der Waals surface area contributed by atoms with Crippen molar-refractivity contribution in [2.24, 2.45) is 0 Å². The van der Waals surface area contributed by atoms with Crippen LogP contribution in [0.3, 0.4) is 0 Å². The molecule has 3 heterocycles. The van der Waals surface area contributed by atoms with E-state index in [9.17, 15) is 8.42 Å². The molecular weight excluding hydrogens is 522 g/mol. The van der Waals surface area contributed by atoms with Crippen molar-refractivity contribution in [1.29, 1.82) is 0 Å². The second kappa shape index (κ2) is 10.9. The van der Waals surface area contributed by atoms with E-state index < -0.39 is 15.1 Å². The van der Waals surface area contributed by atoms with E-state index in [0.717, 1.165) is 54.9 Å². The summed E-state index contributed by atoms with van der Waals surface area (Å²) in [6.45, 7) is 7.92. The van der Waals surface area contributed by atoms with E-state index in [4.69, 9.17) is 16.3 Å². The molecule has 38 heavy (non-hydrogen) atoms. The van der Waals surface area contributed by atoms with Crippen LogP contribution in [0.5, 0.6) is 5.75 Å². The number of nitrogens with one attached hydrogen (secondary N) is 3. The third kappa shape index (κ3) is 5.23. The van der Waals surface area contributed by atoms with E-state index in [1.807, 2.05) is 0 Å². The van der Waals surface area contributed by atoms with Gasteiger partial charge in [-0.3, -0.25) is 0 Å². The second-order valence-electron chi connectivity index (χ2n) is 9.79. The molecule has 3 aromatic rings. The van der Waals surface area contributed by atoms with Gasteiger partial charge < -0.3 is 20.7 Å². The summed E-state index contributed by atoms with van der Waals surface area (Å²) in [5.74, 6) is 1.60. The van der Waals surface area contributed by atoms with Crippen LogP contribution in [0.15, 0.2) is 47.5 Å². The second-order valence-corrected chi connectivity index (χ2v) is 12.7. The van der Waals surface area contributed by atoms with E-state index in [1.165, 1.54) is 17.3 Å². The number of hydrogen-bond acceptors (Lipinski definition) is 8. The first-order valence-corrected chi connectivity index (χ1v) is 14.8. The zero-order valence-electron chi connectivity index (χ0n) is 21.8. The molecule has 0 atom stereocenters. The number of hydrogen-bond donors (Lipinski definition) is 3. The van der Waals surface area contributed by atoms with Crippen molar-refractivity contribution in [3.63, 3.8) is 0 Å². The van der Waals surface area contributed by atoms with Crippen molar-refractivity contribution >= 4 is 50.2 Å². The first-order valence-electron chi connectivity index (χ1n) is 12.8. The lowest BCUT2D eigenvalue weighted by Crippen LogP contribution is -2.21. The van der Waals surface area contributed by atoms with Crippen LogP contribution in [-0.4, -0.2) is 43.3 Å². The maximum Gasteiger partial charge on any atom is 0.229 e. The van der Waals surface area contributed by atoms with Gasteiger partial charge in [-0.15, -0.1) is 0 Å². The molecule has 10 heteroatoms. The van der Waals surface area contributed by atoms with Gasteiger partial charge in [-0.1, -0.05) is 29.8 Å². The average molecular weight is 554 g/mol. The molecule has 200 valence electrons. The molecule has 0 bridgehead atoms. The van der Waals surface area contributed by atoms with E-state index in [2.05, 4.69) is 45.0 Å². The molecule has 5 rings (SSSR count). The van der Waals surface area contributed by atoms with Crippen LogP contribution in [0.1, 0.15) is 43.4 Å². The highest BCUT2D eigenvalue weighted by atomic mass is 35.5. The molecule has 8 nitrogen and oxygen atoms in total. The molecule has 0 radical (unpaired) electrons. The monoisotopic (exact) mass is 553 g/mol. The Kier molecular flexibility index (Phi) is 7.61. The van der Waals surface area contributed by atoms with Gasteiger partial charge in [0, 0.05) is 23.4 Å². The molecule has 0 saturated heterocycles. The van der Waals surface area contributed by atoms with Crippen LogP contribution in [-0.2, 0) is 16.3 Å². The van der Waals surface area contributed by atoms with Gasteiger partial charge in [-0.25, -0.2) is 13.4 Å². The fraction of sp³-hybridized carbons (Fsp3) is 0.357. The molecule has 0 amide bonds. The lowest BCUT2D eigenvalue weighted by atomic mass is 9.89. The minimum absolute atomic E-state index is 0.198. The Morgan fingerprint density at radius 2 is 1.95 bits per heavy atom. The highest BCUT2D eigenvalue weighted by Gasteiger charge is 2.25. The van der Waals surface area contributed by atoms with Crippen molar-refractivity contribution in [3.8, 4) is 5.75 Å². The number of benzene rings is 2. The Morgan fingerprint density at radius 3 is 2.71 bits per heavy atom. The van der Waals surface area contributed by atoms with Crippen molar-refractivity contribution in [2.75, 3.05) is 30.3 Å². The fourth-order valence-corrected chi connectivity index (χ4v) is 6.19. The minimum Gasteiger partial charge on any atom is -0.493 e. The number of ether oxygens (including phenoxy) is 1. The fourth-order valence-electron chi connectivity index (χ4n) is 4.85. The number of halogens is 1. The lowest BCUT2D eigenvalue weighted by molar-refractivity contribution is 0.287. The van der Waals surface area contributed by atoms with Crippen molar-refractivity contribution < 1.29 is 13.2 Å². The van der Waals surface area contributed by atoms with Crippen LogP contribution >= 0.6 is 11.6 Å². The molecule has 0 unspecified atom stereocenters. The summed E-state index contributed by atoms with van der Waals surface area (Å²) in [6.07, 6.45) is 6.53. The molecule has 2 aliphatic rings. The molecule has 0 fully saturated rings. The number of sulfone groups is 1. The zero-order chi connectivity index (χ0) is 26.9. The van der Waals surface area contributed by atoms with E-state index in [-0.39, 0.29) is 9.92 Å². The maximum absolute atomic E-state index is 12.9. The number of aromatic nitrogens is 2. The molecule has 1 aromatic heterocycles. The average Bonchev–Trinajstić information content (AvgIpc) is 2.91. The Bertz CT molecular complexity index is 1500. The Hall–Kier alpha value is -3.14. The summed E-state index contributed by atoms with van der Waals surface area (Å²) in [5, 5.41) is 9.57. The normalized spacial score (nSPS) is 15.4. The topological polar surface area (TPSA) is 105 Å². The summed E-state index contributed by atoms with van der Waals surface area (Å²) in [7, 11) is -3.51. The number of aryl methyl sites for hydroxylation is 1.